The van der Waals surface area contributed by atoms with Crippen LogP contribution in [0.15, 0.2) is 40.2 Å². The molecule has 8 heteroatoms. The highest BCUT2D eigenvalue weighted by Crippen LogP contribution is 2.33. The average Bonchev–Trinajstić information content (AvgIpc) is 3.18. The van der Waals surface area contributed by atoms with Crippen LogP contribution in [-0.4, -0.2) is 23.9 Å². The van der Waals surface area contributed by atoms with Crippen molar-refractivity contribution in [3.05, 3.63) is 35.7 Å². The average molecular weight is 324 g/mol. The first kappa shape index (κ1) is 14.5. The summed E-state index contributed by atoms with van der Waals surface area (Å²) >= 11 is 1.49. The molecule has 0 spiro atoms. The molecule has 0 atom stereocenters. The maximum Gasteiger partial charge on any atom is 0.387 e. The molecule has 5 nitrogen and oxygen atoms in total. The summed E-state index contributed by atoms with van der Waals surface area (Å²) in [5.74, 6) is 0.843. The molecule has 0 unspecified atom stereocenters. The Morgan fingerprint density at radius 2 is 2.09 bits per heavy atom. The number of hydrogen-bond donors (Lipinski definition) is 0. The van der Waals surface area contributed by atoms with Gasteiger partial charge in [0, 0.05) is 5.56 Å². The lowest BCUT2D eigenvalue weighted by atomic mass is 10.2. The highest BCUT2D eigenvalue weighted by atomic mass is 32.1. The van der Waals surface area contributed by atoms with Crippen LogP contribution in [0.1, 0.15) is 0 Å². The van der Waals surface area contributed by atoms with Crippen LogP contribution in [0, 0.1) is 0 Å². The minimum Gasteiger partial charge on any atom is -0.493 e. The summed E-state index contributed by atoms with van der Waals surface area (Å²) in [6.45, 7) is -2.92. The number of hydrogen-bond acceptors (Lipinski definition) is 6. The molecule has 0 aliphatic heterocycles. The van der Waals surface area contributed by atoms with Crippen molar-refractivity contribution >= 4 is 11.3 Å². The normalized spacial score (nSPS) is 10.9. The van der Waals surface area contributed by atoms with E-state index < -0.39 is 6.61 Å². The molecule has 0 amide bonds. The van der Waals surface area contributed by atoms with Crippen LogP contribution in [0.5, 0.6) is 11.5 Å². The third-order valence-corrected chi connectivity index (χ3v) is 3.66. The first-order chi connectivity index (χ1) is 10.7. The highest BCUT2D eigenvalue weighted by Gasteiger charge is 2.15. The summed E-state index contributed by atoms with van der Waals surface area (Å²) in [6, 6.07) is 8.18. The molecule has 0 saturated heterocycles. The number of rotatable bonds is 5. The van der Waals surface area contributed by atoms with Crippen molar-refractivity contribution in [1.29, 1.82) is 0 Å². The molecule has 22 heavy (non-hydrogen) atoms. The molecule has 0 radical (unpaired) electrons. The molecule has 1 aromatic carbocycles. The van der Waals surface area contributed by atoms with Crippen LogP contribution >= 0.6 is 11.3 Å². The zero-order valence-corrected chi connectivity index (χ0v) is 12.1. The molecule has 0 aliphatic rings. The van der Waals surface area contributed by atoms with Gasteiger partial charge in [-0.3, -0.25) is 0 Å². The van der Waals surface area contributed by atoms with E-state index in [0.29, 0.717) is 11.4 Å². The molecular formula is C14H10F2N2O3S. The van der Waals surface area contributed by atoms with Gasteiger partial charge in [0.25, 0.3) is 5.89 Å². The van der Waals surface area contributed by atoms with E-state index >= 15 is 0 Å². The van der Waals surface area contributed by atoms with Crippen LogP contribution in [0.4, 0.5) is 8.78 Å². The van der Waals surface area contributed by atoms with E-state index in [4.69, 9.17) is 9.26 Å². The maximum atomic E-state index is 12.3. The van der Waals surface area contributed by atoms with E-state index in [2.05, 4.69) is 14.9 Å². The summed E-state index contributed by atoms with van der Waals surface area (Å²) in [4.78, 5) is 5.15. The highest BCUT2D eigenvalue weighted by molar-refractivity contribution is 7.13. The quantitative estimate of drug-likeness (QED) is 0.708. The van der Waals surface area contributed by atoms with Gasteiger partial charge < -0.3 is 14.0 Å². The van der Waals surface area contributed by atoms with Crippen molar-refractivity contribution in [2.45, 2.75) is 6.61 Å². The lowest BCUT2D eigenvalue weighted by molar-refractivity contribution is -0.0512. The molecular weight excluding hydrogens is 314 g/mol. The predicted octanol–water partition coefficient (Wildman–Crippen LogP) is 4.08. The van der Waals surface area contributed by atoms with E-state index in [9.17, 15) is 8.78 Å². The monoisotopic (exact) mass is 324 g/mol. The van der Waals surface area contributed by atoms with Gasteiger partial charge in [-0.25, -0.2) is 0 Å². The fourth-order valence-corrected chi connectivity index (χ4v) is 2.49. The van der Waals surface area contributed by atoms with E-state index in [1.165, 1.54) is 30.6 Å². The largest absolute Gasteiger partial charge is 0.493 e. The number of thiophene rings is 1. The third kappa shape index (κ3) is 2.91. The van der Waals surface area contributed by atoms with E-state index in [1.54, 1.807) is 6.07 Å². The Kier molecular flexibility index (Phi) is 4.01. The maximum absolute atomic E-state index is 12.3. The summed E-state index contributed by atoms with van der Waals surface area (Å²) in [6.07, 6.45) is 0. The van der Waals surface area contributed by atoms with Crippen molar-refractivity contribution in [3.63, 3.8) is 0 Å². The number of aromatic nitrogens is 2. The van der Waals surface area contributed by atoms with Gasteiger partial charge >= 0.3 is 6.61 Å². The van der Waals surface area contributed by atoms with Gasteiger partial charge in [0.2, 0.25) is 5.82 Å². The SMILES string of the molecule is COc1cc(-c2nc(-c3cccs3)no2)ccc1OC(F)F. The number of methoxy groups -OCH3 is 1. The van der Waals surface area contributed by atoms with Gasteiger partial charge in [-0.1, -0.05) is 11.2 Å². The lowest BCUT2D eigenvalue weighted by Gasteiger charge is -2.09. The van der Waals surface area contributed by atoms with Crippen LogP contribution in [-0.2, 0) is 0 Å². The third-order valence-electron chi connectivity index (χ3n) is 2.79. The minimum absolute atomic E-state index is 0.0563. The van der Waals surface area contributed by atoms with Gasteiger partial charge in [0.1, 0.15) is 0 Å². The van der Waals surface area contributed by atoms with Crippen molar-refractivity contribution < 1.29 is 22.8 Å². The summed E-state index contributed by atoms with van der Waals surface area (Å²) in [5.41, 5.74) is 0.550. The second-order valence-electron chi connectivity index (χ2n) is 4.14. The Balaban J connectivity index is 1.92. The first-order valence-electron chi connectivity index (χ1n) is 6.18. The van der Waals surface area contributed by atoms with Gasteiger partial charge in [-0.15, -0.1) is 11.3 Å². The van der Waals surface area contributed by atoms with Crippen LogP contribution < -0.4 is 9.47 Å². The fraction of sp³-hybridized carbons (Fsp3) is 0.143. The minimum atomic E-state index is -2.92. The Bertz CT molecular complexity index is 759. The summed E-state index contributed by atoms with van der Waals surface area (Å²) < 4.78 is 39.2. The van der Waals surface area contributed by atoms with Gasteiger partial charge in [0.15, 0.2) is 11.5 Å². The molecule has 0 N–H and O–H groups in total. The summed E-state index contributed by atoms with van der Waals surface area (Å²) in [5, 5.41) is 5.80. The van der Waals surface area contributed by atoms with Crippen LogP contribution in [0.2, 0.25) is 0 Å². The van der Waals surface area contributed by atoms with E-state index in [-0.39, 0.29) is 17.4 Å². The van der Waals surface area contributed by atoms with Crippen molar-refractivity contribution in [2.75, 3.05) is 7.11 Å². The molecule has 0 saturated carbocycles. The lowest BCUT2D eigenvalue weighted by Crippen LogP contribution is -2.03. The van der Waals surface area contributed by atoms with Crippen LogP contribution in [0.25, 0.3) is 22.2 Å². The van der Waals surface area contributed by atoms with Gasteiger partial charge in [0.05, 0.1) is 12.0 Å². The molecule has 2 heterocycles. The zero-order chi connectivity index (χ0) is 15.5. The van der Waals surface area contributed by atoms with E-state index in [1.807, 2.05) is 17.5 Å². The topological polar surface area (TPSA) is 57.4 Å². The van der Waals surface area contributed by atoms with Crippen LogP contribution in [0.3, 0.4) is 0 Å². The van der Waals surface area contributed by atoms with Gasteiger partial charge in [-0.2, -0.15) is 13.8 Å². The number of nitrogens with zero attached hydrogens (tertiary/aromatic N) is 2. The molecule has 0 bridgehead atoms. The molecule has 114 valence electrons. The van der Waals surface area contributed by atoms with Gasteiger partial charge in [-0.05, 0) is 29.6 Å². The Labute approximate surface area is 128 Å². The fourth-order valence-electron chi connectivity index (χ4n) is 1.84. The Morgan fingerprint density at radius 3 is 2.77 bits per heavy atom. The molecule has 0 aliphatic carbocycles. The predicted molar refractivity (Wildman–Crippen MR) is 76.2 cm³/mol. The Morgan fingerprint density at radius 1 is 1.23 bits per heavy atom. The van der Waals surface area contributed by atoms with Crippen molar-refractivity contribution in [2.24, 2.45) is 0 Å². The molecule has 3 rings (SSSR count). The summed E-state index contributed by atoms with van der Waals surface area (Å²) in [7, 11) is 1.36. The molecule has 3 aromatic rings. The second-order valence-corrected chi connectivity index (χ2v) is 5.09. The standard InChI is InChI=1S/C14H10F2N2O3S/c1-19-10-7-8(4-5-9(10)20-14(15)16)13-17-12(18-21-13)11-3-2-6-22-11/h2-7,14H,1H3. The van der Waals surface area contributed by atoms with Crippen molar-refractivity contribution in [3.8, 4) is 33.7 Å². The number of ether oxygens (including phenoxy) is 2. The Hall–Kier alpha value is -2.48. The second kappa shape index (κ2) is 6.10. The zero-order valence-electron chi connectivity index (χ0n) is 11.3. The van der Waals surface area contributed by atoms with E-state index in [0.717, 1.165) is 4.88 Å². The number of alkyl halides is 2. The number of benzene rings is 1. The van der Waals surface area contributed by atoms with Crippen molar-refractivity contribution in [1.82, 2.24) is 10.1 Å². The molecule has 0 fully saturated rings. The smallest absolute Gasteiger partial charge is 0.387 e. The number of halogens is 2. The first-order valence-corrected chi connectivity index (χ1v) is 7.06. The molecule has 2 aromatic heterocycles.